The van der Waals surface area contributed by atoms with Crippen LogP contribution in [0.2, 0.25) is 0 Å². The fraction of sp³-hybridized carbons (Fsp3) is 0.385. The third-order valence-electron chi connectivity index (χ3n) is 2.87. The van der Waals surface area contributed by atoms with E-state index in [1.54, 1.807) is 7.11 Å². The number of aryl methyl sites for hydroxylation is 1. The summed E-state index contributed by atoms with van der Waals surface area (Å²) in [4.78, 5) is 0. The first-order valence-corrected chi connectivity index (χ1v) is 5.61. The minimum atomic E-state index is 0.894. The molecule has 2 aromatic rings. The quantitative estimate of drug-likeness (QED) is 0.852. The van der Waals surface area contributed by atoms with E-state index < -0.39 is 0 Å². The highest BCUT2D eigenvalue weighted by Crippen LogP contribution is 2.24. The highest BCUT2D eigenvalue weighted by molar-refractivity contribution is 5.82. The molecule has 0 atom stereocenters. The second kappa shape index (κ2) is 4.58. The van der Waals surface area contributed by atoms with Crippen LogP contribution in [0.3, 0.4) is 0 Å². The zero-order valence-corrected chi connectivity index (χ0v) is 10.1. The highest BCUT2D eigenvalue weighted by Gasteiger charge is 2.07. The summed E-state index contributed by atoms with van der Waals surface area (Å²) in [5.74, 6) is 0.914. The molecule has 1 N–H and O–H groups in total. The molecule has 0 fully saturated rings. The van der Waals surface area contributed by atoms with Crippen molar-refractivity contribution in [3.8, 4) is 5.75 Å². The van der Waals surface area contributed by atoms with E-state index >= 15 is 0 Å². The number of methoxy groups -OCH3 is 1. The molecule has 0 aliphatic rings. The lowest BCUT2D eigenvalue weighted by Crippen LogP contribution is -2.10. The van der Waals surface area contributed by atoms with Crippen molar-refractivity contribution in [3.63, 3.8) is 0 Å². The van der Waals surface area contributed by atoms with Crippen molar-refractivity contribution in [2.45, 2.75) is 20.0 Å². The van der Waals surface area contributed by atoms with Gasteiger partial charge >= 0.3 is 0 Å². The van der Waals surface area contributed by atoms with E-state index in [1.807, 2.05) is 13.1 Å². The van der Waals surface area contributed by atoms with Crippen LogP contribution >= 0.6 is 0 Å². The largest absolute Gasteiger partial charge is 0.497 e. The first-order valence-electron chi connectivity index (χ1n) is 5.61. The lowest BCUT2D eigenvalue weighted by molar-refractivity contribution is 0.415. The number of fused-ring (bicyclic) bond motifs is 1. The van der Waals surface area contributed by atoms with Gasteiger partial charge in [-0.1, -0.05) is 0 Å². The van der Waals surface area contributed by atoms with Gasteiger partial charge in [-0.05, 0) is 38.2 Å². The van der Waals surface area contributed by atoms with Crippen LogP contribution in [-0.2, 0) is 13.1 Å². The maximum Gasteiger partial charge on any atom is 0.119 e. The molecule has 0 bridgehead atoms. The number of rotatable bonds is 4. The molecule has 0 unspecified atom stereocenters. The van der Waals surface area contributed by atoms with Gasteiger partial charge in [-0.15, -0.1) is 0 Å². The molecular formula is C13H18N2O. The monoisotopic (exact) mass is 218 g/mol. The van der Waals surface area contributed by atoms with Crippen LogP contribution in [0.5, 0.6) is 5.75 Å². The topological polar surface area (TPSA) is 26.2 Å². The van der Waals surface area contributed by atoms with E-state index in [2.05, 4.69) is 35.0 Å². The summed E-state index contributed by atoms with van der Waals surface area (Å²) in [6, 6.07) is 8.44. The number of ether oxygens (including phenoxy) is 1. The Morgan fingerprint density at radius 3 is 2.75 bits per heavy atom. The number of aromatic nitrogens is 1. The zero-order valence-electron chi connectivity index (χ0n) is 10.1. The van der Waals surface area contributed by atoms with Crippen molar-refractivity contribution in [1.82, 2.24) is 9.88 Å². The van der Waals surface area contributed by atoms with Gasteiger partial charge < -0.3 is 14.6 Å². The van der Waals surface area contributed by atoms with Crippen LogP contribution in [0.4, 0.5) is 0 Å². The average molecular weight is 218 g/mol. The lowest BCUT2D eigenvalue weighted by atomic mass is 10.2. The highest BCUT2D eigenvalue weighted by atomic mass is 16.5. The summed E-state index contributed by atoms with van der Waals surface area (Å²) in [7, 11) is 3.67. The van der Waals surface area contributed by atoms with Gasteiger partial charge in [0.1, 0.15) is 5.75 Å². The SMILES string of the molecule is CCn1c(CNC)cc2cc(OC)ccc21. The maximum absolute atomic E-state index is 5.24. The Kier molecular flexibility index (Phi) is 3.15. The Morgan fingerprint density at radius 1 is 1.31 bits per heavy atom. The third-order valence-corrected chi connectivity index (χ3v) is 2.87. The Hall–Kier alpha value is -1.48. The van der Waals surface area contributed by atoms with E-state index in [9.17, 15) is 0 Å². The van der Waals surface area contributed by atoms with E-state index in [4.69, 9.17) is 4.74 Å². The molecule has 0 saturated heterocycles. The van der Waals surface area contributed by atoms with Crippen molar-refractivity contribution < 1.29 is 4.74 Å². The number of hydrogen-bond donors (Lipinski definition) is 1. The Balaban J connectivity index is 2.57. The molecule has 16 heavy (non-hydrogen) atoms. The molecule has 86 valence electrons. The van der Waals surface area contributed by atoms with Gasteiger partial charge in [-0.2, -0.15) is 0 Å². The van der Waals surface area contributed by atoms with Gasteiger partial charge in [-0.25, -0.2) is 0 Å². The molecule has 3 nitrogen and oxygen atoms in total. The number of nitrogens with one attached hydrogen (secondary N) is 1. The number of hydrogen-bond acceptors (Lipinski definition) is 2. The molecule has 0 aliphatic heterocycles. The van der Waals surface area contributed by atoms with Crippen molar-refractivity contribution in [2.75, 3.05) is 14.2 Å². The predicted octanol–water partition coefficient (Wildman–Crippen LogP) is 2.39. The second-order valence-corrected chi connectivity index (χ2v) is 3.84. The van der Waals surface area contributed by atoms with Gasteiger partial charge in [0.05, 0.1) is 7.11 Å². The second-order valence-electron chi connectivity index (χ2n) is 3.84. The van der Waals surface area contributed by atoms with Gasteiger partial charge in [0.15, 0.2) is 0 Å². The van der Waals surface area contributed by atoms with Gasteiger partial charge in [0.25, 0.3) is 0 Å². The molecule has 0 spiro atoms. The molecule has 1 aromatic carbocycles. The van der Waals surface area contributed by atoms with Crippen molar-refractivity contribution >= 4 is 10.9 Å². The molecule has 1 aromatic heterocycles. The molecule has 0 saturated carbocycles. The normalized spacial score (nSPS) is 10.9. The van der Waals surface area contributed by atoms with Crippen LogP contribution in [0.15, 0.2) is 24.3 Å². The first-order chi connectivity index (χ1) is 7.80. The van der Waals surface area contributed by atoms with Gasteiger partial charge in [0, 0.05) is 29.7 Å². The standard InChI is InChI=1S/C13H18N2O/c1-4-15-11(9-14-2)7-10-8-12(16-3)5-6-13(10)15/h5-8,14H,4,9H2,1-3H3. The summed E-state index contributed by atoms with van der Waals surface area (Å²) >= 11 is 0. The Labute approximate surface area is 96.0 Å². The first kappa shape index (κ1) is 11.0. The maximum atomic E-state index is 5.24. The van der Waals surface area contributed by atoms with Crippen LogP contribution in [0, 0.1) is 0 Å². The third kappa shape index (κ3) is 1.78. The Morgan fingerprint density at radius 2 is 2.12 bits per heavy atom. The molecular weight excluding hydrogens is 200 g/mol. The minimum Gasteiger partial charge on any atom is -0.497 e. The molecule has 2 rings (SSSR count). The summed E-state index contributed by atoms with van der Waals surface area (Å²) < 4.78 is 7.56. The zero-order chi connectivity index (χ0) is 11.5. The number of benzene rings is 1. The van der Waals surface area contributed by atoms with Crippen LogP contribution in [-0.4, -0.2) is 18.7 Å². The smallest absolute Gasteiger partial charge is 0.119 e. The fourth-order valence-corrected chi connectivity index (χ4v) is 2.13. The average Bonchev–Trinajstić information content (AvgIpc) is 2.65. The van der Waals surface area contributed by atoms with E-state index in [-0.39, 0.29) is 0 Å². The minimum absolute atomic E-state index is 0.894. The lowest BCUT2D eigenvalue weighted by Gasteiger charge is -2.07. The summed E-state index contributed by atoms with van der Waals surface area (Å²) in [6.45, 7) is 4.06. The van der Waals surface area contributed by atoms with Crippen molar-refractivity contribution in [2.24, 2.45) is 0 Å². The molecule has 0 aliphatic carbocycles. The summed E-state index contributed by atoms with van der Waals surface area (Å²) in [5, 5.41) is 4.44. The molecule has 0 radical (unpaired) electrons. The predicted molar refractivity (Wildman–Crippen MR) is 66.9 cm³/mol. The van der Waals surface area contributed by atoms with E-state index in [0.717, 1.165) is 18.8 Å². The Bertz CT molecular complexity index is 488. The van der Waals surface area contributed by atoms with Crippen molar-refractivity contribution in [1.29, 1.82) is 0 Å². The van der Waals surface area contributed by atoms with Crippen LogP contribution in [0.25, 0.3) is 10.9 Å². The fourth-order valence-electron chi connectivity index (χ4n) is 2.13. The van der Waals surface area contributed by atoms with E-state index in [0.29, 0.717) is 0 Å². The van der Waals surface area contributed by atoms with Crippen LogP contribution < -0.4 is 10.1 Å². The molecule has 0 amide bonds. The van der Waals surface area contributed by atoms with Gasteiger partial charge in [-0.3, -0.25) is 0 Å². The van der Waals surface area contributed by atoms with Crippen molar-refractivity contribution in [3.05, 3.63) is 30.0 Å². The van der Waals surface area contributed by atoms with Crippen LogP contribution in [0.1, 0.15) is 12.6 Å². The van der Waals surface area contributed by atoms with Gasteiger partial charge in [0.2, 0.25) is 0 Å². The number of nitrogens with zero attached hydrogens (tertiary/aromatic N) is 1. The molecule has 1 heterocycles. The molecule has 3 heteroatoms. The summed E-state index contributed by atoms with van der Waals surface area (Å²) in [5.41, 5.74) is 2.59. The van der Waals surface area contributed by atoms with E-state index in [1.165, 1.54) is 16.6 Å². The summed E-state index contributed by atoms with van der Waals surface area (Å²) in [6.07, 6.45) is 0.